The fraction of sp³-hybridized carbons (Fsp3) is 0.250. The smallest absolute Gasteiger partial charge is 1.00 e. The third-order valence-corrected chi connectivity index (χ3v) is 1.78. The molecule has 15 heavy (non-hydrogen) atoms. The molecule has 1 aromatic rings. The second-order valence-electron chi connectivity index (χ2n) is 2.64. The molecular formula is C8H9BCl2Mg2O2. The second kappa shape index (κ2) is 11.8. The van der Waals surface area contributed by atoms with Crippen molar-refractivity contribution in [1.29, 1.82) is 0 Å². The van der Waals surface area contributed by atoms with Gasteiger partial charge in [0.1, 0.15) is 0 Å². The first-order valence-corrected chi connectivity index (χ1v) is 3.50. The van der Waals surface area contributed by atoms with Gasteiger partial charge < -0.3 is 34.9 Å². The third kappa shape index (κ3) is 7.28. The van der Waals surface area contributed by atoms with Gasteiger partial charge in [-0.1, -0.05) is 36.4 Å². The minimum Gasteiger partial charge on any atom is -1.00 e. The van der Waals surface area contributed by atoms with Crippen LogP contribution in [0.1, 0.15) is 11.1 Å². The van der Waals surface area contributed by atoms with E-state index in [0.717, 1.165) is 11.1 Å². The minimum atomic E-state index is -1.85. The van der Waals surface area contributed by atoms with Crippen molar-refractivity contribution in [3.63, 3.8) is 0 Å². The molecule has 0 atom stereocenters. The summed E-state index contributed by atoms with van der Waals surface area (Å²) < 4.78 is 0. The Morgan fingerprint density at radius 3 is 1.47 bits per heavy atom. The van der Waals surface area contributed by atoms with Crippen molar-refractivity contribution in [2.45, 2.75) is 13.8 Å². The van der Waals surface area contributed by atoms with Gasteiger partial charge in [-0.15, -0.1) is 5.46 Å². The molecule has 1 aromatic carbocycles. The fourth-order valence-corrected chi connectivity index (χ4v) is 1.20. The monoisotopic (exact) mass is 266 g/mol. The zero-order chi connectivity index (χ0) is 8.43. The Kier molecular flexibility index (Phi) is 19.8. The van der Waals surface area contributed by atoms with E-state index in [2.05, 4.69) is 0 Å². The normalized spacial score (nSPS) is 7.20. The van der Waals surface area contributed by atoms with Gasteiger partial charge in [0.15, 0.2) is 0 Å². The quantitative estimate of drug-likeness (QED) is 0.475. The molecule has 74 valence electrons. The van der Waals surface area contributed by atoms with Crippen LogP contribution >= 0.6 is 0 Å². The summed E-state index contributed by atoms with van der Waals surface area (Å²) in [6.07, 6.45) is 0. The summed E-state index contributed by atoms with van der Waals surface area (Å²) in [5.41, 5.74) is 1.98. The Morgan fingerprint density at radius 1 is 0.933 bits per heavy atom. The molecule has 0 heterocycles. The maximum atomic E-state index is 10.6. The third-order valence-electron chi connectivity index (χ3n) is 1.78. The largest absolute Gasteiger partial charge is 2.00 e. The zero-order valence-corrected chi connectivity index (χ0v) is 13.1. The molecule has 0 amide bonds. The predicted molar refractivity (Wildman–Crippen MR) is 52.8 cm³/mol. The van der Waals surface area contributed by atoms with Crippen LogP contribution in [0.5, 0.6) is 0 Å². The minimum absolute atomic E-state index is 0. The van der Waals surface area contributed by atoms with Gasteiger partial charge in [-0.3, -0.25) is 0 Å². The van der Waals surface area contributed by atoms with Crippen molar-refractivity contribution >= 4 is 58.7 Å². The molecule has 0 aliphatic carbocycles. The number of halogens is 2. The summed E-state index contributed by atoms with van der Waals surface area (Å²) in [6.45, 7) is 3.57. The first-order valence-electron chi connectivity index (χ1n) is 3.50. The van der Waals surface area contributed by atoms with Gasteiger partial charge in [0.2, 0.25) is 0 Å². The van der Waals surface area contributed by atoms with Crippen molar-refractivity contribution in [2.75, 3.05) is 0 Å². The van der Waals surface area contributed by atoms with E-state index in [-0.39, 0.29) is 70.9 Å². The summed E-state index contributed by atoms with van der Waals surface area (Å²) in [5, 5.41) is 21.2. The van der Waals surface area contributed by atoms with E-state index < -0.39 is 7.12 Å². The van der Waals surface area contributed by atoms with Gasteiger partial charge in [0, 0.05) is 0 Å². The molecule has 0 aliphatic heterocycles. The molecular weight excluding hydrogens is 258 g/mol. The Hall–Kier alpha value is 1.32. The van der Waals surface area contributed by atoms with E-state index in [4.69, 9.17) is 0 Å². The average molecular weight is 267 g/mol. The number of rotatable bonds is 1. The van der Waals surface area contributed by atoms with E-state index >= 15 is 0 Å². The molecule has 0 unspecified atom stereocenters. The van der Waals surface area contributed by atoms with Crippen LogP contribution in [0.15, 0.2) is 18.2 Å². The molecule has 0 fully saturated rings. The van der Waals surface area contributed by atoms with Crippen LogP contribution in [0.25, 0.3) is 0 Å². The van der Waals surface area contributed by atoms with E-state index in [9.17, 15) is 10.0 Å². The number of hydrogen-bond acceptors (Lipinski definition) is 2. The van der Waals surface area contributed by atoms with Crippen molar-refractivity contribution in [3.8, 4) is 0 Å². The Labute approximate surface area is 135 Å². The molecule has 0 saturated heterocycles. The molecule has 0 saturated carbocycles. The Balaban J connectivity index is -0.000000151. The maximum Gasteiger partial charge on any atom is 2.00 e. The van der Waals surface area contributed by atoms with Gasteiger partial charge in [-0.25, -0.2) is 0 Å². The molecule has 0 N–H and O–H groups in total. The Morgan fingerprint density at radius 2 is 1.27 bits per heavy atom. The van der Waals surface area contributed by atoms with Gasteiger partial charge in [0.25, 0.3) is 0 Å². The molecule has 0 aromatic heterocycles. The topological polar surface area (TPSA) is 46.1 Å². The summed E-state index contributed by atoms with van der Waals surface area (Å²) in [4.78, 5) is 0. The molecule has 0 aliphatic rings. The Bertz CT molecular complexity index is 255. The standard InChI is InChI=1S/C8H9BO2.2ClH.2Mg/c1-6-4-3-5-7(2)8(6)9(10)11;;;;/h3-5H,1-2H3;2*1H;;/q-2;;;2*+2/p-2. The van der Waals surface area contributed by atoms with E-state index in [0.29, 0.717) is 5.46 Å². The van der Waals surface area contributed by atoms with Crippen molar-refractivity contribution in [3.05, 3.63) is 29.3 Å². The van der Waals surface area contributed by atoms with E-state index in [1.54, 1.807) is 26.0 Å². The predicted octanol–water partition coefficient (Wildman–Crippen LogP) is -8.03. The molecule has 0 bridgehead atoms. The maximum absolute atomic E-state index is 10.6. The molecule has 7 heteroatoms. The SMILES string of the molecule is Cc1cccc(C)c1B([O-])[O-].[Cl-].[Cl-].[Mg+2].[Mg+2]. The van der Waals surface area contributed by atoms with Crippen LogP contribution in [0.3, 0.4) is 0 Å². The molecule has 2 nitrogen and oxygen atoms in total. The van der Waals surface area contributed by atoms with Crippen LogP contribution in [0.2, 0.25) is 0 Å². The van der Waals surface area contributed by atoms with Crippen molar-refractivity contribution in [1.82, 2.24) is 0 Å². The summed E-state index contributed by atoms with van der Waals surface area (Å²) in [6, 6.07) is 5.41. The molecule has 0 spiro atoms. The fourth-order valence-electron chi connectivity index (χ4n) is 1.20. The van der Waals surface area contributed by atoms with Crippen LogP contribution in [-0.4, -0.2) is 53.2 Å². The first kappa shape index (κ1) is 25.2. The number of hydrogen-bond donors (Lipinski definition) is 0. The molecule has 0 radical (unpaired) electrons. The molecule has 1 rings (SSSR count). The van der Waals surface area contributed by atoms with Crippen LogP contribution < -0.4 is 40.3 Å². The summed E-state index contributed by atoms with van der Waals surface area (Å²) in [5.74, 6) is 0. The van der Waals surface area contributed by atoms with Crippen LogP contribution in [0, 0.1) is 13.8 Å². The van der Waals surface area contributed by atoms with Gasteiger partial charge in [0.05, 0.1) is 0 Å². The van der Waals surface area contributed by atoms with Crippen molar-refractivity contribution in [2.24, 2.45) is 0 Å². The average Bonchev–Trinajstić information content (AvgIpc) is 1.85. The van der Waals surface area contributed by atoms with E-state index in [1.165, 1.54) is 0 Å². The zero-order valence-electron chi connectivity index (χ0n) is 8.80. The number of aryl methyl sites for hydroxylation is 2. The first-order chi connectivity index (χ1) is 5.13. The van der Waals surface area contributed by atoms with Gasteiger partial charge >= 0.3 is 46.1 Å². The summed E-state index contributed by atoms with van der Waals surface area (Å²) in [7, 11) is -1.85. The van der Waals surface area contributed by atoms with Gasteiger partial charge in [-0.05, 0) is 13.8 Å². The van der Waals surface area contributed by atoms with Crippen LogP contribution in [-0.2, 0) is 0 Å². The summed E-state index contributed by atoms with van der Waals surface area (Å²) >= 11 is 0. The van der Waals surface area contributed by atoms with E-state index in [1.807, 2.05) is 6.07 Å². The van der Waals surface area contributed by atoms with Crippen molar-refractivity contribution < 1.29 is 34.9 Å². The van der Waals surface area contributed by atoms with Crippen LogP contribution in [0.4, 0.5) is 0 Å². The number of benzene rings is 1. The second-order valence-corrected chi connectivity index (χ2v) is 2.64. The van der Waals surface area contributed by atoms with Gasteiger partial charge in [-0.2, -0.15) is 0 Å².